The van der Waals surface area contributed by atoms with Crippen LogP contribution >= 0.6 is 0 Å². The summed E-state index contributed by atoms with van der Waals surface area (Å²) in [7, 11) is -13.5. The quantitative estimate of drug-likeness (QED) is 0.192. The number of fused-ring (bicyclic) bond motifs is 1. The van der Waals surface area contributed by atoms with Crippen LogP contribution in [0.1, 0.15) is 0 Å². The molecule has 0 spiro atoms. The van der Waals surface area contributed by atoms with Gasteiger partial charge in [0, 0.05) is 10.9 Å². The number of nitrogens with zero attached hydrogens (tertiary/aromatic N) is 2. The molecule has 0 atom stereocenters. The van der Waals surface area contributed by atoms with Gasteiger partial charge < -0.3 is 5.11 Å². The first-order chi connectivity index (χ1) is 17.1. The summed E-state index contributed by atoms with van der Waals surface area (Å²) in [4.78, 5) is -1.19. The molecule has 0 heterocycles. The fraction of sp³-hybridized carbons (Fsp3) is 0. The van der Waals surface area contributed by atoms with Gasteiger partial charge in [-0.1, -0.05) is 18.2 Å². The zero-order valence-corrected chi connectivity index (χ0v) is 20.7. The molecule has 0 saturated carbocycles. The summed E-state index contributed by atoms with van der Waals surface area (Å²) in [5.74, 6) is -0.412. The van der Waals surface area contributed by atoms with E-state index in [9.17, 15) is 39.5 Å². The molecule has 0 saturated heterocycles. The highest BCUT2D eigenvalue weighted by molar-refractivity contribution is 7.86. The predicted octanol–water partition coefficient (Wildman–Crippen LogP) is 4.37. The average Bonchev–Trinajstić information content (AvgIpc) is 2.81. The monoisotopic (exact) mass is 564 g/mol. The Kier molecular flexibility index (Phi) is 6.61. The molecule has 0 aliphatic rings. The van der Waals surface area contributed by atoms with Crippen molar-refractivity contribution in [1.29, 1.82) is 0 Å². The molecular weight excluding hydrogens is 548 g/mol. The second-order valence-electron chi connectivity index (χ2n) is 7.65. The van der Waals surface area contributed by atoms with Crippen LogP contribution in [0, 0.1) is 0 Å². The van der Waals surface area contributed by atoms with Crippen LogP contribution in [0.25, 0.3) is 21.9 Å². The summed E-state index contributed by atoms with van der Waals surface area (Å²) in [5, 5.41) is 19.5. The molecule has 37 heavy (non-hydrogen) atoms. The van der Waals surface area contributed by atoms with E-state index < -0.39 is 45.9 Å². The Bertz CT molecular complexity index is 1880. The second kappa shape index (κ2) is 9.29. The van der Waals surface area contributed by atoms with Gasteiger partial charge in [0.15, 0.2) is 5.75 Å². The van der Waals surface area contributed by atoms with Gasteiger partial charge in [0.05, 0.1) is 20.4 Å². The normalized spacial score (nSPS) is 12.8. The Morgan fingerprint density at radius 3 is 1.57 bits per heavy atom. The maximum absolute atomic E-state index is 11.6. The molecule has 192 valence electrons. The highest BCUT2D eigenvalue weighted by Gasteiger charge is 2.18. The SMILES string of the molecule is O=S(=O)(O)c1ccc(N=Nc2c(O)c(-c3ccc(S(=O)(=O)O)cc3)cc3cc(S(=O)(=O)O)ccc23)cc1. The van der Waals surface area contributed by atoms with Crippen LogP contribution in [0.4, 0.5) is 11.4 Å². The largest absolute Gasteiger partial charge is 0.505 e. The van der Waals surface area contributed by atoms with E-state index >= 15 is 0 Å². The maximum atomic E-state index is 11.6. The number of hydrogen-bond donors (Lipinski definition) is 4. The van der Waals surface area contributed by atoms with Crippen molar-refractivity contribution < 1.29 is 44.0 Å². The van der Waals surface area contributed by atoms with Crippen molar-refractivity contribution in [3.8, 4) is 16.9 Å². The van der Waals surface area contributed by atoms with E-state index in [1.165, 1.54) is 36.4 Å². The second-order valence-corrected chi connectivity index (χ2v) is 11.9. The van der Waals surface area contributed by atoms with Gasteiger partial charge in [-0.3, -0.25) is 13.7 Å². The van der Waals surface area contributed by atoms with Crippen LogP contribution in [0.15, 0.2) is 97.7 Å². The third-order valence-electron chi connectivity index (χ3n) is 5.22. The molecule has 0 fully saturated rings. The third-order valence-corrected chi connectivity index (χ3v) is 7.80. The molecule has 4 N–H and O–H groups in total. The van der Waals surface area contributed by atoms with Gasteiger partial charge in [-0.05, 0) is 65.5 Å². The number of benzene rings is 4. The lowest BCUT2D eigenvalue weighted by Gasteiger charge is -2.12. The van der Waals surface area contributed by atoms with Crippen molar-refractivity contribution in [2.24, 2.45) is 10.2 Å². The summed E-state index contributed by atoms with van der Waals surface area (Å²) in [5.41, 5.74) is 0.403. The van der Waals surface area contributed by atoms with Gasteiger partial charge in [-0.15, -0.1) is 5.11 Å². The fourth-order valence-electron chi connectivity index (χ4n) is 3.44. The zero-order valence-electron chi connectivity index (χ0n) is 18.3. The zero-order chi connectivity index (χ0) is 27.2. The summed E-state index contributed by atoms with van der Waals surface area (Å²) in [6.07, 6.45) is 0. The minimum Gasteiger partial charge on any atom is -0.505 e. The van der Waals surface area contributed by atoms with E-state index in [-0.39, 0.29) is 38.2 Å². The fourth-order valence-corrected chi connectivity index (χ4v) is 4.91. The number of azo groups is 1. The molecular formula is C22H16N2O10S3. The van der Waals surface area contributed by atoms with E-state index in [2.05, 4.69) is 10.2 Å². The Labute approximate surface area is 210 Å². The summed E-state index contributed by atoms with van der Waals surface area (Å²) < 4.78 is 96.2. The lowest BCUT2D eigenvalue weighted by Crippen LogP contribution is -1.98. The third kappa shape index (κ3) is 5.66. The average molecular weight is 565 g/mol. The Morgan fingerprint density at radius 1 is 0.568 bits per heavy atom. The van der Waals surface area contributed by atoms with Crippen LogP contribution in [0.2, 0.25) is 0 Å². The summed E-state index contributed by atoms with van der Waals surface area (Å²) in [6, 6.07) is 14.4. The predicted molar refractivity (Wildman–Crippen MR) is 131 cm³/mol. The molecule has 0 aromatic heterocycles. The Hall–Kier alpha value is -3.73. The Morgan fingerprint density at radius 2 is 1.05 bits per heavy atom. The van der Waals surface area contributed by atoms with Crippen molar-refractivity contribution >= 4 is 52.5 Å². The highest BCUT2D eigenvalue weighted by Crippen LogP contribution is 2.44. The lowest BCUT2D eigenvalue weighted by atomic mass is 9.98. The van der Waals surface area contributed by atoms with Crippen LogP contribution in [-0.2, 0) is 30.4 Å². The topological polar surface area (TPSA) is 208 Å². The lowest BCUT2D eigenvalue weighted by molar-refractivity contribution is 0.479. The minimum atomic E-state index is -4.57. The first-order valence-electron chi connectivity index (χ1n) is 9.99. The molecule has 0 aliphatic heterocycles. The van der Waals surface area contributed by atoms with E-state index in [0.29, 0.717) is 0 Å². The molecule has 4 aromatic carbocycles. The van der Waals surface area contributed by atoms with Crippen LogP contribution < -0.4 is 0 Å². The highest BCUT2D eigenvalue weighted by atomic mass is 32.2. The van der Waals surface area contributed by atoms with Gasteiger partial charge in [0.2, 0.25) is 0 Å². The van der Waals surface area contributed by atoms with E-state index in [1.54, 1.807) is 0 Å². The van der Waals surface area contributed by atoms with E-state index in [4.69, 9.17) is 4.55 Å². The summed E-state index contributed by atoms with van der Waals surface area (Å²) in [6.45, 7) is 0. The van der Waals surface area contributed by atoms with Gasteiger partial charge >= 0.3 is 0 Å². The molecule has 0 amide bonds. The smallest absolute Gasteiger partial charge is 0.294 e. The molecule has 15 heteroatoms. The van der Waals surface area contributed by atoms with Crippen molar-refractivity contribution in [2.75, 3.05) is 0 Å². The van der Waals surface area contributed by atoms with Crippen LogP contribution in [0.3, 0.4) is 0 Å². The van der Waals surface area contributed by atoms with Gasteiger partial charge in [-0.2, -0.15) is 30.4 Å². The molecule has 0 bridgehead atoms. The van der Waals surface area contributed by atoms with Crippen molar-refractivity contribution in [3.63, 3.8) is 0 Å². The number of phenols is 1. The number of hydrogen-bond acceptors (Lipinski definition) is 9. The molecule has 4 aromatic rings. The number of phenolic OH excluding ortho intramolecular Hbond substituents is 1. The molecule has 12 nitrogen and oxygen atoms in total. The summed E-state index contributed by atoms with van der Waals surface area (Å²) >= 11 is 0. The van der Waals surface area contributed by atoms with Crippen LogP contribution in [-0.4, -0.2) is 44.0 Å². The maximum Gasteiger partial charge on any atom is 0.294 e. The molecule has 0 unspecified atom stereocenters. The van der Waals surface area contributed by atoms with E-state index in [0.717, 1.165) is 36.4 Å². The van der Waals surface area contributed by atoms with Gasteiger partial charge in [-0.25, -0.2) is 0 Å². The number of aromatic hydroxyl groups is 1. The first kappa shape index (κ1) is 26.3. The van der Waals surface area contributed by atoms with Crippen LogP contribution in [0.5, 0.6) is 5.75 Å². The van der Waals surface area contributed by atoms with Crippen molar-refractivity contribution in [2.45, 2.75) is 14.7 Å². The standard InChI is InChI=1S/C22H16N2O10S3/c25-22-20(13-1-5-16(6-2-13)35(26,27)28)12-14-11-18(37(32,33)34)9-10-19(14)21(22)24-23-15-3-7-17(8-4-15)36(29,30)31/h1-12,25H,(H,26,27,28)(H,29,30,31)(H,32,33,34). The minimum absolute atomic E-state index is 0.0950. The van der Waals surface area contributed by atoms with Crippen molar-refractivity contribution in [1.82, 2.24) is 0 Å². The Balaban J connectivity index is 1.91. The molecule has 0 aliphatic carbocycles. The van der Waals surface area contributed by atoms with E-state index in [1.807, 2.05) is 0 Å². The van der Waals surface area contributed by atoms with Crippen molar-refractivity contribution in [3.05, 3.63) is 72.8 Å². The van der Waals surface area contributed by atoms with Gasteiger partial charge in [0.25, 0.3) is 30.4 Å². The first-order valence-corrected chi connectivity index (χ1v) is 14.3. The molecule has 4 rings (SSSR count). The molecule has 0 radical (unpaired) electrons. The van der Waals surface area contributed by atoms with Gasteiger partial charge in [0.1, 0.15) is 5.69 Å². The number of rotatable bonds is 6.